The Hall–Kier alpha value is -3.32. The number of nitrogens with zero attached hydrogens (tertiary/aromatic N) is 1. The number of anilines is 1. The molecule has 0 saturated carbocycles. The van der Waals surface area contributed by atoms with Crippen LogP contribution in [0, 0.1) is 13.8 Å². The summed E-state index contributed by atoms with van der Waals surface area (Å²) in [6, 6.07) is 20.3. The number of para-hydroxylation sites is 1. The molecule has 33 heavy (non-hydrogen) atoms. The van der Waals surface area contributed by atoms with Crippen LogP contribution in [-0.4, -0.2) is 27.5 Å². The van der Waals surface area contributed by atoms with Crippen molar-refractivity contribution in [1.29, 1.82) is 0 Å². The number of benzene rings is 3. The van der Waals surface area contributed by atoms with Gasteiger partial charge in [-0.1, -0.05) is 48.0 Å². The fraction of sp³-hybridized carbons (Fsp3) is 0.269. The molecule has 7 heteroatoms. The van der Waals surface area contributed by atoms with Gasteiger partial charge in [-0.15, -0.1) is 0 Å². The highest BCUT2D eigenvalue weighted by atomic mass is 32.2. The first-order chi connectivity index (χ1) is 15.8. The smallest absolute Gasteiger partial charge is 0.264 e. The molecule has 0 spiro atoms. The summed E-state index contributed by atoms with van der Waals surface area (Å²) >= 11 is 0. The van der Waals surface area contributed by atoms with Gasteiger partial charge in [0, 0.05) is 13.1 Å². The first-order valence-corrected chi connectivity index (χ1v) is 12.4. The van der Waals surface area contributed by atoms with Crippen LogP contribution in [0.15, 0.2) is 71.6 Å². The maximum atomic E-state index is 13.3. The number of carbonyl (C=O) groups excluding carboxylic acids is 1. The third-order valence-electron chi connectivity index (χ3n) is 5.73. The van der Waals surface area contributed by atoms with Gasteiger partial charge in [-0.05, 0) is 67.6 Å². The maximum Gasteiger partial charge on any atom is 0.264 e. The lowest BCUT2D eigenvalue weighted by Gasteiger charge is -2.30. The number of nitrogens with one attached hydrogen (secondary N) is 1. The minimum absolute atomic E-state index is 0.141. The van der Waals surface area contributed by atoms with Crippen molar-refractivity contribution >= 4 is 21.6 Å². The van der Waals surface area contributed by atoms with Gasteiger partial charge in [0.25, 0.3) is 15.9 Å². The highest BCUT2D eigenvalue weighted by Gasteiger charge is 2.29. The Labute approximate surface area is 195 Å². The molecule has 172 valence electrons. The second kappa shape index (κ2) is 9.67. The van der Waals surface area contributed by atoms with Gasteiger partial charge < -0.3 is 10.1 Å². The van der Waals surface area contributed by atoms with Gasteiger partial charge in [0.2, 0.25) is 0 Å². The third kappa shape index (κ3) is 5.20. The number of sulfonamides is 1. The van der Waals surface area contributed by atoms with Gasteiger partial charge in [-0.25, -0.2) is 8.42 Å². The highest BCUT2D eigenvalue weighted by molar-refractivity contribution is 7.92. The SMILES string of the molecule is Cc1cccc(CNC(=O)COc2ccc(S(=O)(=O)N3CCCc4ccccc43)cc2C)c1. The average Bonchev–Trinajstić information content (AvgIpc) is 2.81. The molecule has 0 atom stereocenters. The Balaban J connectivity index is 1.41. The van der Waals surface area contributed by atoms with Crippen LogP contribution in [0.4, 0.5) is 5.69 Å². The number of aryl methyl sites for hydroxylation is 3. The van der Waals surface area contributed by atoms with Crippen LogP contribution in [0.3, 0.4) is 0 Å². The van der Waals surface area contributed by atoms with Crippen LogP contribution >= 0.6 is 0 Å². The van der Waals surface area contributed by atoms with E-state index in [0.717, 1.165) is 35.2 Å². The number of amides is 1. The summed E-state index contributed by atoms with van der Waals surface area (Å²) in [6.45, 7) is 4.53. The van der Waals surface area contributed by atoms with Crippen molar-refractivity contribution in [3.05, 3.63) is 89.0 Å². The third-order valence-corrected chi connectivity index (χ3v) is 7.54. The summed E-state index contributed by atoms with van der Waals surface area (Å²) < 4.78 is 33.8. The standard InChI is InChI=1S/C26H28N2O4S/c1-19-7-5-8-21(15-19)17-27-26(29)18-32-25-13-12-23(16-20(25)2)33(30,31)28-14-6-10-22-9-3-4-11-24(22)28/h3-5,7-9,11-13,15-16H,6,10,14,17-18H2,1-2H3,(H,27,29). The molecule has 1 heterocycles. The van der Waals surface area contributed by atoms with Crippen molar-refractivity contribution in [2.45, 2.75) is 38.1 Å². The lowest BCUT2D eigenvalue weighted by Crippen LogP contribution is -2.35. The molecular formula is C26H28N2O4S. The zero-order valence-corrected chi connectivity index (χ0v) is 19.7. The predicted molar refractivity (Wildman–Crippen MR) is 129 cm³/mol. The number of fused-ring (bicyclic) bond motifs is 1. The molecule has 0 unspecified atom stereocenters. The van der Waals surface area contributed by atoms with Crippen LogP contribution in [0.1, 0.15) is 28.7 Å². The minimum atomic E-state index is -3.69. The lowest BCUT2D eigenvalue weighted by molar-refractivity contribution is -0.123. The predicted octanol–water partition coefficient (Wildman–Crippen LogP) is 4.14. The highest BCUT2D eigenvalue weighted by Crippen LogP contribution is 2.33. The van der Waals surface area contributed by atoms with Gasteiger partial charge in [0.15, 0.2) is 6.61 Å². The van der Waals surface area contributed by atoms with E-state index in [0.29, 0.717) is 24.4 Å². The molecule has 6 nitrogen and oxygen atoms in total. The molecule has 3 aromatic rings. The minimum Gasteiger partial charge on any atom is -0.484 e. The van der Waals surface area contributed by atoms with Gasteiger partial charge >= 0.3 is 0 Å². The number of ether oxygens (including phenoxy) is 1. The second-order valence-corrected chi connectivity index (χ2v) is 10.2. The zero-order chi connectivity index (χ0) is 23.4. The first-order valence-electron chi connectivity index (χ1n) is 11.0. The Morgan fingerprint density at radius 3 is 2.64 bits per heavy atom. The average molecular weight is 465 g/mol. The van der Waals surface area contributed by atoms with Crippen LogP contribution in [-0.2, 0) is 27.8 Å². The molecule has 0 aliphatic carbocycles. The molecule has 0 bridgehead atoms. The Morgan fingerprint density at radius 1 is 1.03 bits per heavy atom. The number of hydrogen-bond acceptors (Lipinski definition) is 4. The van der Waals surface area contributed by atoms with Gasteiger partial charge in [0.05, 0.1) is 10.6 Å². The van der Waals surface area contributed by atoms with Gasteiger partial charge in [-0.3, -0.25) is 9.10 Å². The fourth-order valence-corrected chi connectivity index (χ4v) is 5.66. The zero-order valence-electron chi connectivity index (χ0n) is 18.9. The maximum absolute atomic E-state index is 13.3. The molecule has 0 aromatic heterocycles. The molecule has 1 aliphatic rings. The fourth-order valence-electron chi connectivity index (χ4n) is 4.04. The monoisotopic (exact) mass is 464 g/mol. The second-order valence-electron chi connectivity index (χ2n) is 8.29. The molecule has 0 saturated heterocycles. The molecule has 3 aromatic carbocycles. The normalized spacial score (nSPS) is 13.3. The number of carbonyl (C=O) groups is 1. The molecular weight excluding hydrogens is 436 g/mol. The van der Waals surface area contributed by atoms with E-state index in [4.69, 9.17) is 4.74 Å². The van der Waals surface area contributed by atoms with Crippen LogP contribution in [0.5, 0.6) is 5.75 Å². The Kier molecular flexibility index (Phi) is 6.70. The lowest BCUT2D eigenvalue weighted by atomic mass is 10.0. The van der Waals surface area contributed by atoms with Crippen molar-refractivity contribution < 1.29 is 17.9 Å². The largest absolute Gasteiger partial charge is 0.484 e. The summed E-state index contributed by atoms with van der Waals surface area (Å²) in [6.07, 6.45) is 1.66. The van der Waals surface area contributed by atoms with Crippen LogP contribution < -0.4 is 14.4 Å². The number of rotatable bonds is 7. The van der Waals surface area contributed by atoms with E-state index in [-0.39, 0.29) is 17.4 Å². The number of hydrogen-bond donors (Lipinski definition) is 1. The summed E-state index contributed by atoms with van der Waals surface area (Å²) in [5.74, 6) is 0.247. The van der Waals surface area contributed by atoms with E-state index in [1.807, 2.05) is 55.5 Å². The van der Waals surface area contributed by atoms with Gasteiger partial charge in [-0.2, -0.15) is 0 Å². The van der Waals surface area contributed by atoms with E-state index in [1.165, 1.54) is 4.31 Å². The van der Waals surface area contributed by atoms with E-state index in [1.54, 1.807) is 25.1 Å². The Bertz CT molecular complexity index is 1270. The van der Waals surface area contributed by atoms with E-state index >= 15 is 0 Å². The molecule has 4 rings (SSSR count). The quantitative estimate of drug-likeness (QED) is 0.570. The van der Waals surface area contributed by atoms with Crippen molar-refractivity contribution in [3.8, 4) is 5.75 Å². The topological polar surface area (TPSA) is 75.7 Å². The van der Waals surface area contributed by atoms with Crippen molar-refractivity contribution in [2.75, 3.05) is 17.5 Å². The Morgan fingerprint density at radius 2 is 1.85 bits per heavy atom. The first kappa shape index (κ1) is 22.9. The molecule has 1 N–H and O–H groups in total. The molecule has 1 aliphatic heterocycles. The van der Waals surface area contributed by atoms with E-state index in [9.17, 15) is 13.2 Å². The van der Waals surface area contributed by atoms with Crippen molar-refractivity contribution in [1.82, 2.24) is 5.32 Å². The van der Waals surface area contributed by atoms with Gasteiger partial charge in [0.1, 0.15) is 5.75 Å². The summed E-state index contributed by atoms with van der Waals surface area (Å²) in [5, 5.41) is 2.84. The molecule has 0 radical (unpaired) electrons. The summed E-state index contributed by atoms with van der Waals surface area (Å²) in [5.41, 5.74) is 4.60. The molecule has 1 amide bonds. The van der Waals surface area contributed by atoms with Crippen LogP contribution in [0.2, 0.25) is 0 Å². The van der Waals surface area contributed by atoms with E-state index in [2.05, 4.69) is 5.32 Å². The van der Waals surface area contributed by atoms with Crippen molar-refractivity contribution in [3.63, 3.8) is 0 Å². The van der Waals surface area contributed by atoms with E-state index < -0.39 is 10.0 Å². The molecule has 0 fully saturated rings. The van der Waals surface area contributed by atoms with Crippen molar-refractivity contribution in [2.24, 2.45) is 0 Å². The summed E-state index contributed by atoms with van der Waals surface area (Å²) in [7, 11) is -3.69. The summed E-state index contributed by atoms with van der Waals surface area (Å²) in [4.78, 5) is 12.4. The van der Waals surface area contributed by atoms with Crippen LogP contribution in [0.25, 0.3) is 0 Å².